The number of nitrogens with zero attached hydrogens (tertiary/aromatic N) is 2. The summed E-state index contributed by atoms with van der Waals surface area (Å²) in [6.45, 7) is 2.13. The Balaban J connectivity index is 1.73. The van der Waals surface area contributed by atoms with E-state index in [4.69, 9.17) is 27.9 Å². The van der Waals surface area contributed by atoms with Gasteiger partial charge < -0.3 is 9.30 Å². The van der Waals surface area contributed by atoms with Crippen LogP contribution < -0.4 is 10.3 Å². The van der Waals surface area contributed by atoms with Gasteiger partial charge in [-0.05, 0) is 25.1 Å². The number of rotatable bonds is 4. The molecule has 1 aromatic carbocycles. The molecule has 9 heteroatoms. The van der Waals surface area contributed by atoms with Crippen molar-refractivity contribution in [3.8, 4) is 5.75 Å². The summed E-state index contributed by atoms with van der Waals surface area (Å²) in [5.41, 5.74) is 0.579. The van der Waals surface area contributed by atoms with E-state index >= 15 is 0 Å². The quantitative estimate of drug-likeness (QED) is 0.787. The smallest absolute Gasteiger partial charge is 0.254 e. The van der Waals surface area contributed by atoms with Crippen LogP contribution >= 0.6 is 23.2 Å². The Bertz CT molecular complexity index is 962. The van der Waals surface area contributed by atoms with Crippen molar-refractivity contribution in [1.29, 1.82) is 0 Å². The van der Waals surface area contributed by atoms with E-state index in [2.05, 4.69) is 0 Å². The highest BCUT2D eigenvalue weighted by atomic mass is 35.5. The zero-order chi connectivity index (χ0) is 18.4. The molecule has 2 aromatic rings. The maximum Gasteiger partial charge on any atom is 0.254 e. The van der Waals surface area contributed by atoms with Gasteiger partial charge in [-0.1, -0.05) is 29.3 Å². The van der Waals surface area contributed by atoms with Gasteiger partial charge >= 0.3 is 0 Å². The molecule has 0 atom stereocenters. The summed E-state index contributed by atoms with van der Waals surface area (Å²) in [4.78, 5) is 11.7. The molecule has 1 fully saturated rings. The van der Waals surface area contributed by atoms with Crippen molar-refractivity contribution in [2.24, 2.45) is 7.05 Å². The molecule has 1 saturated heterocycles. The number of halogens is 2. The largest absolute Gasteiger partial charge is 0.487 e. The molecule has 0 bridgehead atoms. The van der Waals surface area contributed by atoms with Crippen molar-refractivity contribution in [3.05, 3.63) is 56.4 Å². The summed E-state index contributed by atoms with van der Waals surface area (Å²) < 4.78 is 33.8. The van der Waals surface area contributed by atoms with Crippen LogP contribution in [0, 0.1) is 6.92 Å². The first-order chi connectivity index (χ1) is 11.7. The van der Waals surface area contributed by atoms with E-state index in [1.165, 1.54) is 27.1 Å². The summed E-state index contributed by atoms with van der Waals surface area (Å²) >= 11 is 12.0. The topological polar surface area (TPSA) is 68.6 Å². The van der Waals surface area contributed by atoms with Crippen molar-refractivity contribution in [2.75, 3.05) is 13.1 Å². The fraction of sp³-hybridized carbons (Fsp3) is 0.312. The van der Waals surface area contributed by atoms with E-state index < -0.39 is 10.0 Å². The second-order valence-corrected chi connectivity index (χ2v) is 8.53. The molecule has 2 heterocycles. The number of hydrogen-bond acceptors (Lipinski definition) is 4. The highest BCUT2D eigenvalue weighted by Gasteiger charge is 2.40. The number of aryl methyl sites for hydroxylation is 1. The van der Waals surface area contributed by atoms with Crippen molar-refractivity contribution >= 4 is 33.2 Å². The molecule has 0 aliphatic carbocycles. The molecule has 3 rings (SSSR count). The normalized spacial score (nSPS) is 15.8. The molecule has 6 nitrogen and oxygen atoms in total. The van der Waals surface area contributed by atoms with Crippen LogP contribution in [0.15, 0.2) is 40.0 Å². The average Bonchev–Trinajstić information content (AvgIpc) is 2.47. The first kappa shape index (κ1) is 18.3. The predicted octanol–water partition coefficient (Wildman–Crippen LogP) is 2.45. The Morgan fingerprint density at radius 3 is 2.32 bits per heavy atom. The number of aromatic nitrogens is 1. The monoisotopic (exact) mass is 402 g/mol. The Kier molecular flexibility index (Phi) is 4.85. The van der Waals surface area contributed by atoms with Crippen LogP contribution in [0.2, 0.25) is 10.0 Å². The fourth-order valence-electron chi connectivity index (χ4n) is 2.53. The lowest BCUT2D eigenvalue weighted by atomic mass is 10.2. The predicted molar refractivity (Wildman–Crippen MR) is 96.1 cm³/mol. The van der Waals surface area contributed by atoms with Gasteiger partial charge in [-0.2, -0.15) is 4.31 Å². The zero-order valence-electron chi connectivity index (χ0n) is 13.6. The molecule has 1 aliphatic heterocycles. The highest BCUT2D eigenvalue weighted by molar-refractivity contribution is 7.89. The van der Waals surface area contributed by atoms with Gasteiger partial charge in [-0.15, -0.1) is 0 Å². The molecule has 0 unspecified atom stereocenters. The van der Waals surface area contributed by atoms with Gasteiger partial charge in [0.2, 0.25) is 10.0 Å². The number of hydrogen-bond donors (Lipinski definition) is 0. The zero-order valence-corrected chi connectivity index (χ0v) is 15.9. The average molecular weight is 403 g/mol. The Morgan fingerprint density at radius 2 is 1.76 bits per heavy atom. The second-order valence-electron chi connectivity index (χ2n) is 5.84. The van der Waals surface area contributed by atoms with E-state index in [1.807, 2.05) is 0 Å². The lowest BCUT2D eigenvalue weighted by molar-refractivity contribution is 0.0759. The summed E-state index contributed by atoms with van der Waals surface area (Å²) in [7, 11) is -2.12. The van der Waals surface area contributed by atoms with Crippen LogP contribution in [0.25, 0.3) is 0 Å². The molecule has 1 aliphatic rings. The summed E-state index contributed by atoms with van der Waals surface area (Å²) in [5.74, 6) is 0.429. The van der Waals surface area contributed by atoms with Crippen molar-refractivity contribution in [2.45, 2.75) is 17.9 Å². The van der Waals surface area contributed by atoms with E-state index in [0.29, 0.717) is 5.75 Å². The van der Waals surface area contributed by atoms with Gasteiger partial charge in [0, 0.05) is 18.8 Å². The minimum Gasteiger partial charge on any atom is -0.487 e. The van der Waals surface area contributed by atoms with Crippen molar-refractivity contribution < 1.29 is 13.2 Å². The summed E-state index contributed by atoms with van der Waals surface area (Å²) in [6, 6.07) is 7.68. The highest BCUT2D eigenvalue weighted by Crippen LogP contribution is 2.33. The number of pyridine rings is 1. The fourth-order valence-corrected chi connectivity index (χ4v) is 5.12. The van der Waals surface area contributed by atoms with Gasteiger partial charge in [0.1, 0.15) is 16.7 Å². The van der Waals surface area contributed by atoms with Gasteiger partial charge in [-0.25, -0.2) is 8.42 Å². The van der Waals surface area contributed by atoms with Gasteiger partial charge in [0.05, 0.1) is 23.1 Å². The number of ether oxygens (including phenoxy) is 1. The Morgan fingerprint density at radius 1 is 1.16 bits per heavy atom. The molecule has 1 aromatic heterocycles. The molecule has 0 N–H and O–H groups in total. The molecule has 25 heavy (non-hydrogen) atoms. The van der Waals surface area contributed by atoms with Gasteiger partial charge in [0.15, 0.2) is 0 Å². The molecule has 0 amide bonds. The SMILES string of the molecule is Cc1cc(OC2CN(S(=O)(=O)c3c(Cl)cccc3Cl)C2)cc(=O)n1C. The van der Waals surface area contributed by atoms with Crippen LogP contribution in [0.5, 0.6) is 5.75 Å². The van der Waals surface area contributed by atoms with Crippen LogP contribution in [-0.2, 0) is 17.1 Å². The minimum absolute atomic E-state index is 0.0825. The Hall–Kier alpha value is -1.54. The summed E-state index contributed by atoms with van der Waals surface area (Å²) in [5, 5.41) is 0.165. The van der Waals surface area contributed by atoms with Crippen LogP contribution in [0.3, 0.4) is 0 Å². The summed E-state index contributed by atoms with van der Waals surface area (Å²) in [6.07, 6.45) is -0.331. The third-order valence-electron chi connectivity index (χ3n) is 4.11. The molecular formula is C16H16Cl2N2O4S. The molecular weight excluding hydrogens is 387 g/mol. The lowest BCUT2D eigenvalue weighted by Gasteiger charge is -2.38. The van der Waals surface area contributed by atoms with Crippen LogP contribution in [0.1, 0.15) is 5.69 Å². The molecule has 0 saturated carbocycles. The van der Waals surface area contributed by atoms with Gasteiger partial charge in [0.25, 0.3) is 5.56 Å². The third-order valence-corrected chi connectivity index (χ3v) is 6.90. The number of benzene rings is 1. The van der Waals surface area contributed by atoms with E-state index in [1.54, 1.807) is 26.1 Å². The minimum atomic E-state index is -3.79. The van der Waals surface area contributed by atoms with Crippen LogP contribution in [0.4, 0.5) is 0 Å². The molecule has 0 radical (unpaired) electrons. The van der Waals surface area contributed by atoms with Crippen molar-refractivity contribution in [3.63, 3.8) is 0 Å². The maximum atomic E-state index is 12.7. The molecule has 0 spiro atoms. The standard InChI is InChI=1S/C16H16Cl2N2O4S/c1-10-6-11(7-15(21)19(10)2)24-12-8-20(9-12)25(22,23)16-13(17)4-3-5-14(16)18/h3-7,12H,8-9H2,1-2H3. The third kappa shape index (κ3) is 3.42. The maximum absolute atomic E-state index is 12.7. The van der Waals surface area contributed by atoms with E-state index in [0.717, 1.165) is 5.69 Å². The van der Waals surface area contributed by atoms with Gasteiger partial charge in [-0.3, -0.25) is 4.79 Å². The van der Waals surface area contributed by atoms with E-state index in [9.17, 15) is 13.2 Å². The van der Waals surface area contributed by atoms with E-state index in [-0.39, 0.29) is 39.7 Å². The first-order valence-electron chi connectivity index (χ1n) is 7.48. The van der Waals surface area contributed by atoms with Crippen molar-refractivity contribution in [1.82, 2.24) is 8.87 Å². The molecule has 134 valence electrons. The first-order valence-corrected chi connectivity index (χ1v) is 9.68. The Labute approximate surface area is 155 Å². The number of sulfonamides is 1. The lowest BCUT2D eigenvalue weighted by Crippen LogP contribution is -2.56. The second kappa shape index (κ2) is 6.64. The van der Waals surface area contributed by atoms with Crippen LogP contribution in [-0.4, -0.2) is 36.5 Å².